The smallest absolute Gasteiger partial charge is 0.310 e. The van der Waals surface area contributed by atoms with Crippen molar-refractivity contribution in [2.75, 3.05) is 0 Å². The number of para-hydroxylation sites is 1. The van der Waals surface area contributed by atoms with Crippen molar-refractivity contribution in [3.05, 3.63) is 71.4 Å². The van der Waals surface area contributed by atoms with E-state index in [0.29, 0.717) is 6.61 Å². The van der Waals surface area contributed by atoms with Crippen LogP contribution in [0.2, 0.25) is 0 Å². The van der Waals surface area contributed by atoms with Crippen LogP contribution in [-0.2, 0) is 22.6 Å². The van der Waals surface area contributed by atoms with Gasteiger partial charge in [0, 0.05) is 17.1 Å². The van der Waals surface area contributed by atoms with Crippen molar-refractivity contribution in [3.63, 3.8) is 0 Å². The molecule has 0 aliphatic heterocycles. The van der Waals surface area contributed by atoms with Crippen molar-refractivity contribution in [2.24, 2.45) is 0 Å². The van der Waals surface area contributed by atoms with E-state index in [4.69, 9.17) is 4.74 Å². The molecule has 0 saturated carbocycles. The first-order chi connectivity index (χ1) is 10.2. The third kappa shape index (κ3) is 3.14. The van der Waals surface area contributed by atoms with Crippen molar-refractivity contribution in [3.8, 4) is 0 Å². The summed E-state index contributed by atoms with van der Waals surface area (Å²) >= 11 is 0. The van der Waals surface area contributed by atoms with Gasteiger partial charge in [-0.1, -0.05) is 48.0 Å². The first kappa shape index (κ1) is 13.4. The largest absolute Gasteiger partial charge is 0.461 e. The van der Waals surface area contributed by atoms with Crippen molar-refractivity contribution in [1.29, 1.82) is 0 Å². The van der Waals surface area contributed by atoms with Crippen LogP contribution in [0, 0.1) is 6.92 Å². The number of carbonyl (C=O) groups excluding carboxylic acids is 1. The summed E-state index contributed by atoms with van der Waals surface area (Å²) < 4.78 is 5.35. The molecule has 1 aromatic heterocycles. The Bertz CT molecular complexity index is 773. The Morgan fingerprint density at radius 2 is 2.00 bits per heavy atom. The van der Waals surface area contributed by atoms with E-state index in [0.717, 1.165) is 22.0 Å². The molecule has 0 spiro atoms. The number of rotatable bonds is 4. The second-order valence-corrected chi connectivity index (χ2v) is 5.19. The highest BCUT2D eigenvalue weighted by atomic mass is 16.5. The van der Waals surface area contributed by atoms with E-state index in [-0.39, 0.29) is 12.4 Å². The van der Waals surface area contributed by atoms with Crippen molar-refractivity contribution in [1.82, 2.24) is 4.98 Å². The Morgan fingerprint density at radius 1 is 1.14 bits per heavy atom. The highest BCUT2D eigenvalue weighted by Gasteiger charge is 2.09. The summed E-state index contributed by atoms with van der Waals surface area (Å²) in [5.74, 6) is -0.207. The number of H-pyrrole nitrogens is 1. The summed E-state index contributed by atoms with van der Waals surface area (Å²) in [5.41, 5.74) is 4.20. The van der Waals surface area contributed by atoms with Gasteiger partial charge in [-0.05, 0) is 24.1 Å². The number of nitrogens with one attached hydrogen (secondary N) is 1. The first-order valence-electron chi connectivity index (χ1n) is 6.98. The summed E-state index contributed by atoms with van der Waals surface area (Å²) in [5, 5.41) is 1.07. The zero-order valence-corrected chi connectivity index (χ0v) is 11.9. The van der Waals surface area contributed by atoms with Crippen LogP contribution < -0.4 is 0 Å². The summed E-state index contributed by atoms with van der Waals surface area (Å²) in [6.07, 6.45) is 2.16. The zero-order valence-electron chi connectivity index (χ0n) is 11.9. The number of aromatic nitrogens is 1. The molecule has 0 saturated heterocycles. The molecule has 3 aromatic rings. The minimum atomic E-state index is -0.207. The maximum atomic E-state index is 12.0. The molecule has 3 nitrogen and oxygen atoms in total. The SMILES string of the molecule is Cc1cccc(COC(=O)Cc2c[nH]c3ccccc23)c1. The van der Waals surface area contributed by atoms with Crippen LogP contribution in [0.15, 0.2) is 54.7 Å². The number of aryl methyl sites for hydroxylation is 1. The molecule has 21 heavy (non-hydrogen) atoms. The van der Waals surface area contributed by atoms with E-state index in [2.05, 4.69) is 4.98 Å². The number of hydrogen-bond donors (Lipinski definition) is 1. The van der Waals surface area contributed by atoms with E-state index >= 15 is 0 Å². The van der Waals surface area contributed by atoms with Crippen LogP contribution in [0.5, 0.6) is 0 Å². The average Bonchev–Trinajstić information content (AvgIpc) is 2.89. The number of aromatic amines is 1. The molecule has 1 N–H and O–H groups in total. The third-order valence-electron chi connectivity index (χ3n) is 3.49. The molecule has 2 aromatic carbocycles. The van der Waals surface area contributed by atoms with Gasteiger partial charge < -0.3 is 9.72 Å². The number of fused-ring (bicyclic) bond motifs is 1. The second kappa shape index (κ2) is 5.83. The summed E-state index contributed by atoms with van der Waals surface area (Å²) in [6.45, 7) is 2.35. The van der Waals surface area contributed by atoms with Gasteiger partial charge in [-0.3, -0.25) is 4.79 Å². The number of esters is 1. The van der Waals surface area contributed by atoms with Gasteiger partial charge in [0.2, 0.25) is 0 Å². The predicted molar refractivity (Wildman–Crippen MR) is 83.0 cm³/mol. The van der Waals surface area contributed by atoms with Gasteiger partial charge in [0.1, 0.15) is 6.61 Å². The lowest BCUT2D eigenvalue weighted by Crippen LogP contribution is -2.07. The second-order valence-electron chi connectivity index (χ2n) is 5.19. The molecule has 1 heterocycles. The first-order valence-corrected chi connectivity index (χ1v) is 6.98. The molecule has 0 aliphatic carbocycles. The quantitative estimate of drug-likeness (QED) is 0.739. The van der Waals surface area contributed by atoms with Gasteiger partial charge in [0.05, 0.1) is 6.42 Å². The summed E-state index contributed by atoms with van der Waals surface area (Å²) in [7, 11) is 0. The van der Waals surface area contributed by atoms with Crippen LogP contribution >= 0.6 is 0 Å². The van der Waals surface area contributed by atoms with E-state index in [1.807, 2.05) is 61.7 Å². The standard InChI is InChI=1S/C18H17NO2/c1-13-5-4-6-14(9-13)12-21-18(20)10-15-11-19-17-8-3-2-7-16(15)17/h2-9,11,19H,10,12H2,1H3. The molecular formula is C18H17NO2. The lowest BCUT2D eigenvalue weighted by molar-refractivity contribution is -0.144. The number of carbonyl (C=O) groups is 1. The minimum Gasteiger partial charge on any atom is -0.461 e. The molecular weight excluding hydrogens is 262 g/mol. The fourth-order valence-corrected chi connectivity index (χ4v) is 2.45. The zero-order chi connectivity index (χ0) is 14.7. The normalized spacial score (nSPS) is 10.7. The van der Waals surface area contributed by atoms with Gasteiger partial charge in [-0.25, -0.2) is 0 Å². The van der Waals surface area contributed by atoms with Gasteiger partial charge >= 0.3 is 5.97 Å². The Hall–Kier alpha value is -2.55. The van der Waals surface area contributed by atoms with Gasteiger partial charge in [-0.15, -0.1) is 0 Å². The number of ether oxygens (including phenoxy) is 1. The summed E-state index contributed by atoms with van der Waals surface area (Å²) in [6, 6.07) is 15.9. The molecule has 3 heteroatoms. The lowest BCUT2D eigenvalue weighted by Gasteiger charge is -2.05. The van der Waals surface area contributed by atoms with Crippen molar-refractivity contribution < 1.29 is 9.53 Å². The van der Waals surface area contributed by atoms with E-state index < -0.39 is 0 Å². The summed E-state index contributed by atoms with van der Waals surface area (Å²) in [4.78, 5) is 15.1. The van der Waals surface area contributed by atoms with Crippen molar-refractivity contribution in [2.45, 2.75) is 20.0 Å². The Balaban J connectivity index is 1.64. The van der Waals surface area contributed by atoms with E-state index in [1.165, 1.54) is 5.56 Å². The maximum absolute atomic E-state index is 12.0. The molecule has 0 fully saturated rings. The fourth-order valence-electron chi connectivity index (χ4n) is 2.45. The van der Waals surface area contributed by atoms with E-state index in [9.17, 15) is 4.79 Å². The average molecular weight is 279 g/mol. The number of hydrogen-bond acceptors (Lipinski definition) is 2. The molecule has 0 unspecified atom stereocenters. The maximum Gasteiger partial charge on any atom is 0.310 e. The van der Waals surface area contributed by atoms with Gasteiger partial charge in [0.15, 0.2) is 0 Å². The van der Waals surface area contributed by atoms with Crippen LogP contribution in [0.1, 0.15) is 16.7 Å². The number of benzene rings is 2. The van der Waals surface area contributed by atoms with Crippen molar-refractivity contribution >= 4 is 16.9 Å². The third-order valence-corrected chi connectivity index (χ3v) is 3.49. The van der Waals surface area contributed by atoms with Crippen LogP contribution in [0.25, 0.3) is 10.9 Å². The highest BCUT2D eigenvalue weighted by molar-refractivity contribution is 5.87. The molecule has 0 bridgehead atoms. The lowest BCUT2D eigenvalue weighted by atomic mass is 10.1. The molecule has 0 atom stereocenters. The molecule has 0 aliphatic rings. The Kier molecular flexibility index (Phi) is 3.73. The van der Waals surface area contributed by atoms with Gasteiger partial charge in [0.25, 0.3) is 0 Å². The molecule has 106 valence electrons. The van der Waals surface area contributed by atoms with Crippen LogP contribution in [-0.4, -0.2) is 11.0 Å². The highest BCUT2D eigenvalue weighted by Crippen LogP contribution is 2.18. The predicted octanol–water partition coefficient (Wildman–Crippen LogP) is 3.76. The minimum absolute atomic E-state index is 0.207. The molecule has 3 rings (SSSR count). The molecule has 0 amide bonds. The monoisotopic (exact) mass is 279 g/mol. The van der Waals surface area contributed by atoms with Crippen LogP contribution in [0.3, 0.4) is 0 Å². The van der Waals surface area contributed by atoms with Gasteiger partial charge in [-0.2, -0.15) is 0 Å². The topological polar surface area (TPSA) is 42.1 Å². The Morgan fingerprint density at radius 3 is 2.86 bits per heavy atom. The Labute approximate surface area is 123 Å². The van der Waals surface area contributed by atoms with Crippen LogP contribution in [0.4, 0.5) is 0 Å². The molecule has 0 radical (unpaired) electrons. The fraction of sp³-hybridized carbons (Fsp3) is 0.167. The van der Waals surface area contributed by atoms with E-state index in [1.54, 1.807) is 0 Å².